The molecule has 0 N–H and O–H groups in total. The Hall–Kier alpha value is -1.20. The summed E-state index contributed by atoms with van der Waals surface area (Å²) in [6, 6.07) is 8.33. The average molecular weight is 430 g/mol. The minimum Gasteiger partial charge on any atom is -0.444 e. The molecular formula is C20H25N2O3Y+2. The summed E-state index contributed by atoms with van der Waals surface area (Å²) in [5.41, 5.74) is 3.99. The van der Waals surface area contributed by atoms with Gasteiger partial charge in [0.05, 0.1) is 5.71 Å². The Labute approximate surface area is 180 Å². The molecule has 0 saturated heterocycles. The van der Waals surface area contributed by atoms with Gasteiger partial charge in [-0.2, -0.15) is 0 Å². The summed E-state index contributed by atoms with van der Waals surface area (Å²) in [6.45, 7) is 10.8. The molecule has 1 aromatic rings. The second-order valence-corrected chi connectivity index (χ2v) is 7.45. The summed E-state index contributed by atoms with van der Waals surface area (Å²) < 4.78 is 5.43. The molecule has 0 fully saturated rings. The van der Waals surface area contributed by atoms with E-state index in [-0.39, 0.29) is 44.9 Å². The van der Waals surface area contributed by atoms with Gasteiger partial charge in [0.1, 0.15) is 5.60 Å². The predicted molar refractivity (Wildman–Crippen MR) is 98.2 cm³/mol. The summed E-state index contributed by atoms with van der Waals surface area (Å²) in [4.78, 5) is 19.0. The fourth-order valence-electron chi connectivity index (χ4n) is 2.90. The van der Waals surface area contributed by atoms with Crippen molar-refractivity contribution in [2.75, 3.05) is 13.1 Å². The van der Waals surface area contributed by atoms with Gasteiger partial charge in [0, 0.05) is 25.6 Å². The third-order valence-electron chi connectivity index (χ3n) is 4.18. The maximum absolute atomic E-state index is 12.1. The average Bonchev–Trinajstić information content (AvgIpc) is 3.00. The van der Waals surface area contributed by atoms with Gasteiger partial charge in [-0.1, -0.05) is 35.5 Å². The number of nitrogens with zero attached hydrogens (tertiary/aromatic N) is 2. The molecule has 2 heterocycles. The molecule has 6 heteroatoms. The summed E-state index contributed by atoms with van der Waals surface area (Å²) in [7, 11) is 0. The van der Waals surface area contributed by atoms with E-state index in [0.29, 0.717) is 13.1 Å². The van der Waals surface area contributed by atoms with Gasteiger partial charge >= 0.3 is 38.8 Å². The Morgan fingerprint density at radius 3 is 2.42 bits per heavy atom. The molecule has 0 saturated carbocycles. The predicted octanol–water partition coefficient (Wildman–Crippen LogP) is 4.04. The first-order valence-corrected chi connectivity index (χ1v) is 8.65. The van der Waals surface area contributed by atoms with Gasteiger partial charge in [0.25, 0.3) is 0 Å². The van der Waals surface area contributed by atoms with Crippen LogP contribution in [0.4, 0.5) is 4.79 Å². The Morgan fingerprint density at radius 2 is 1.92 bits per heavy atom. The number of benzene rings is 1. The van der Waals surface area contributed by atoms with E-state index in [1.807, 2.05) is 20.8 Å². The number of amides is 1. The molecule has 26 heavy (non-hydrogen) atoms. The SMILES string of the molecule is [CH2-]C1CC(c2ccc(C3=CCN(C(=O)OC(C)(C)C)CC3)cc2)=NO1.[Y+3]. The van der Waals surface area contributed by atoms with Crippen molar-refractivity contribution in [3.8, 4) is 0 Å². The number of rotatable bonds is 2. The number of carbonyl (C=O) groups excluding carboxylic acids is 1. The van der Waals surface area contributed by atoms with Crippen molar-refractivity contribution < 1.29 is 47.1 Å². The molecule has 0 bridgehead atoms. The van der Waals surface area contributed by atoms with E-state index < -0.39 is 5.60 Å². The molecule has 1 atom stereocenters. The van der Waals surface area contributed by atoms with Gasteiger partial charge in [-0.05, 0) is 43.9 Å². The van der Waals surface area contributed by atoms with Crippen LogP contribution in [-0.4, -0.2) is 41.5 Å². The summed E-state index contributed by atoms with van der Waals surface area (Å²) >= 11 is 0. The quantitative estimate of drug-likeness (QED) is 0.666. The van der Waals surface area contributed by atoms with Crippen molar-refractivity contribution in [1.82, 2.24) is 4.90 Å². The Balaban J connectivity index is 0.00000243. The van der Waals surface area contributed by atoms with Crippen molar-refractivity contribution in [2.45, 2.75) is 45.3 Å². The first-order chi connectivity index (χ1) is 11.8. The molecular weight excluding hydrogens is 405 g/mol. The maximum atomic E-state index is 12.1. The molecule has 0 aromatic heterocycles. The van der Waals surface area contributed by atoms with Crippen LogP contribution in [0.3, 0.4) is 0 Å². The van der Waals surface area contributed by atoms with Crippen LogP contribution in [0, 0.1) is 6.92 Å². The molecule has 2 aliphatic rings. The maximum Gasteiger partial charge on any atom is 3.00 e. The van der Waals surface area contributed by atoms with Crippen LogP contribution in [0.2, 0.25) is 0 Å². The van der Waals surface area contributed by atoms with Crippen LogP contribution in [0.25, 0.3) is 5.57 Å². The zero-order chi connectivity index (χ0) is 18.0. The summed E-state index contributed by atoms with van der Waals surface area (Å²) in [5, 5.41) is 4.07. The minimum atomic E-state index is -0.462. The third-order valence-corrected chi connectivity index (χ3v) is 4.18. The molecule has 134 valence electrons. The number of ether oxygens (including phenoxy) is 1. The van der Waals surface area contributed by atoms with Gasteiger partial charge < -0.3 is 21.4 Å². The van der Waals surface area contributed by atoms with Gasteiger partial charge in [-0.3, -0.25) is 0 Å². The monoisotopic (exact) mass is 430 g/mol. The molecule has 0 radical (unpaired) electrons. The van der Waals surface area contributed by atoms with E-state index in [9.17, 15) is 4.79 Å². The van der Waals surface area contributed by atoms with Crippen LogP contribution in [-0.2, 0) is 42.3 Å². The first kappa shape index (κ1) is 21.1. The molecule has 1 aromatic carbocycles. The molecule has 3 rings (SSSR count). The van der Waals surface area contributed by atoms with Gasteiger partial charge in [0.15, 0.2) is 0 Å². The number of carbonyl (C=O) groups is 1. The van der Waals surface area contributed by atoms with Gasteiger partial charge in [-0.25, -0.2) is 4.79 Å². The smallest absolute Gasteiger partial charge is 0.444 e. The van der Waals surface area contributed by atoms with E-state index >= 15 is 0 Å². The van der Waals surface area contributed by atoms with Crippen LogP contribution in [0.5, 0.6) is 0 Å². The van der Waals surface area contributed by atoms with Crippen molar-refractivity contribution in [3.63, 3.8) is 0 Å². The van der Waals surface area contributed by atoms with Crippen molar-refractivity contribution in [1.29, 1.82) is 0 Å². The molecule has 2 aliphatic heterocycles. The molecule has 0 aliphatic carbocycles. The Bertz CT molecular complexity index is 705. The van der Waals surface area contributed by atoms with Gasteiger partial charge in [0.2, 0.25) is 0 Å². The first-order valence-electron chi connectivity index (χ1n) is 8.65. The second-order valence-electron chi connectivity index (χ2n) is 7.45. The largest absolute Gasteiger partial charge is 3.00 e. The molecule has 5 nitrogen and oxygen atoms in total. The van der Waals surface area contributed by atoms with Crippen molar-refractivity contribution in [2.24, 2.45) is 5.16 Å². The van der Waals surface area contributed by atoms with Crippen molar-refractivity contribution in [3.05, 3.63) is 48.4 Å². The molecule has 1 unspecified atom stereocenters. The zero-order valence-corrected chi connectivity index (χ0v) is 18.5. The number of hydrogen-bond acceptors (Lipinski definition) is 4. The number of oxime groups is 1. The number of hydrogen-bond donors (Lipinski definition) is 0. The normalized spacial score (nSPS) is 19.8. The molecule has 1 amide bonds. The van der Waals surface area contributed by atoms with Crippen molar-refractivity contribution >= 4 is 17.4 Å². The molecule has 0 spiro atoms. The standard InChI is InChI=1S/C20H25N2O3.Y/c1-14-13-18(21-25-14)17-7-5-15(6-8-17)16-9-11-22(12-10-16)19(23)24-20(2,3)4;/h5-9,14H,1,10-13H2,2-4H3;/q-1;+3. The minimum absolute atomic E-state index is 0. The Morgan fingerprint density at radius 1 is 1.27 bits per heavy atom. The van der Waals surface area contributed by atoms with Crippen LogP contribution in [0.1, 0.15) is 44.7 Å². The fraction of sp³-hybridized carbons (Fsp3) is 0.450. The van der Waals surface area contributed by atoms with Crippen LogP contribution in [0.15, 0.2) is 35.5 Å². The van der Waals surface area contributed by atoms with E-state index in [4.69, 9.17) is 9.57 Å². The van der Waals surface area contributed by atoms with Crippen LogP contribution >= 0.6 is 0 Å². The van der Waals surface area contributed by atoms with E-state index in [2.05, 4.69) is 42.4 Å². The van der Waals surface area contributed by atoms with Gasteiger partial charge in [-0.15, -0.1) is 0 Å². The summed E-state index contributed by atoms with van der Waals surface area (Å²) in [5.74, 6) is 0. The van der Waals surface area contributed by atoms with Crippen LogP contribution < -0.4 is 0 Å². The Kier molecular flexibility index (Phi) is 7.03. The topological polar surface area (TPSA) is 51.1 Å². The third kappa shape index (κ3) is 5.40. The second kappa shape index (κ2) is 8.66. The summed E-state index contributed by atoms with van der Waals surface area (Å²) in [6.07, 6.45) is 3.33. The van der Waals surface area contributed by atoms with E-state index in [1.165, 1.54) is 11.1 Å². The van der Waals surface area contributed by atoms with E-state index in [0.717, 1.165) is 24.1 Å². The zero-order valence-electron chi connectivity index (χ0n) is 15.7. The fourth-order valence-corrected chi connectivity index (χ4v) is 2.90. The van der Waals surface area contributed by atoms with E-state index in [1.54, 1.807) is 4.90 Å².